The minimum absolute atomic E-state index is 0.0854. The van der Waals surface area contributed by atoms with Crippen molar-refractivity contribution in [3.05, 3.63) is 40.4 Å². The molecule has 0 amide bonds. The average molecular weight is 297 g/mol. The molecule has 0 fully saturated rings. The SMILES string of the molecule is CCc1c(C(CC)NC)nnn1-c1cccc(Cl)c1F. The van der Waals surface area contributed by atoms with E-state index in [0.29, 0.717) is 12.1 Å². The molecule has 1 atom stereocenters. The average Bonchev–Trinajstić information content (AvgIpc) is 2.87. The fourth-order valence-electron chi connectivity index (χ4n) is 2.30. The Morgan fingerprint density at radius 2 is 2.15 bits per heavy atom. The summed E-state index contributed by atoms with van der Waals surface area (Å²) < 4.78 is 15.7. The van der Waals surface area contributed by atoms with Crippen molar-refractivity contribution in [1.29, 1.82) is 0 Å². The summed E-state index contributed by atoms with van der Waals surface area (Å²) >= 11 is 5.83. The molecule has 0 saturated heterocycles. The van der Waals surface area contributed by atoms with Crippen molar-refractivity contribution in [2.24, 2.45) is 0 Å². The molecule has 4 nitrogen and oxygen atoms in total. The smallest absolute Gasteiger partial charge is 0.167 e. The second-order valence-corrected chi connectivity index (χ2v) is 4.92. The third kappa shape index (κ3) is 2.55. The Labute approximate surface area is 122 Å². The number of aromatic nitrogens is 3. The summed E-state index contributed by atoms with van der Waals surface area (Å²) in [6, 6.07) is 4.99. The number of nitrogens with one attached hydrogen (secondary N) is 1. The van der Waals surface area contributed by atoms with E-state index >= 15 is 0 Å². The Balaban J connectivity index is 2.56. The molecule has 0 bridgehead atoms. The normalized spacial score (nSPS) is 12.7. The van der Waals surface area contributed by atoms with Crippen molar-refractivity contribution >= 4 is 11.6 Å². The summed E-state index contributed by atoms with van der Waals surface area (Å²) in [5.41, 5.74) is 2.09. The van der Waals surface area contributed by atoms with E-state index in [9.17, 15) is 4.39 Å². The van der Waals surface area contributed by atoms with E-state index in [4.69, 9.17) is 11.6 Å². The van der Waals surface area contributed by atoms with Crippen LogP contribution >= 0.6 is 11.6 Å². The molecule has 0 spiro atoms. The number of benzene rings is 1. The molecule has 0 aliphatic rings. The van der Waals surface area contributed by atoms with Crippen molar-refractivity contribution < 1.29 is 4.39 Å². The van der Waals surface area contributed by atoms with Crippen molar-refractivity contribution in [3.63, 3.8) is 0 Å². The van der Waals surface area contributed by atoms with Gasteiger partial charge >= 0.3 is 0 Å². The van der Waals surface area contributed by atoms with Gasteiger partial charge in [-0.25, -0.2) is 9.07 Å². The molecule has 2 aromatic rings. The Kier molecular flexibility index (Phi) is 4.73. The van der Waals surface area contributed by atoms with Crippen LogP contribution in [0.3, 0.4) is 0 Å². The van der Waals surface area contributed by atoms with E-state index in [-0.39, 0.29) is 11.1 Å². The molecule has 0 saturated carbocycles. The van der Waals surface area contributed by atoms with Crippen LogP contribution in [0.15, 0.2) is 18.2 Å². The highest BCUT2D eigenvalue weighted by atomic mass is 35.5. The third-order valence-corrected chi connectivity index (χ3v) is 3.67. The summed E-state index contributed by atoms with van der Waals surface area (Å²) in [6.45, 7) is 4.07. The van der Waals surface area contributed by atoms with Gasteiger partial charge in [-0.1, -0.05) is 36.7 Å². The Morgan fingerprint density at radius 3 is 2.75 bits per heavy atom. The van der Waals surface area contributed by atoms with E-state index in [0.717, 1.165) is 17.8 Å². The zero-order valence-electron chi connectivity index (χ0n) is 11.8. The molecule has 1 heterocycles. The van der Waals surface area contributed by atoms with Crippen LogP contribution in [-0.2, 0) is 6.42 Å². The lowest BCUT2D eigenvalue weighted by Gasteiger charge is -2.13. The number of hydrogen-bond donors (Lipinski definition) is 1. The molecule has 0 radical (unpaired) electrons. The predicted octanol–water partition coefficient (Wildman–Crippen LogP) is 3.29. The maximum absolute atomic E-state index is 14.1. The van der Waals surface area contributed by atoms with Gasteiger partial charge in [0.05, 0.1) is 16.8 Å². The third-order valence-electron chi connectivity index (χ3n) is 3.37. The van der Waals surface area contributed by atoms with Crippen LogP contribution in [0.1, 0.15) is 37.7 Å². The first-order valence-electron chi connectivity index (χ1n) is 6.70. The first-order valence-corrected chi connectivity index (χ1v) is 7.07. The fraction of sp³-hybridized carbons (Fsp3) is 0.429. The summed E-state index contributed by atoms with van der Waals surface area (Å²) in [6.07, 6.45) is 1.60. The van der Waals surface area contributed by atoms with Gasteiger partial charge in [0, 0.05) is 0 Å². The summed E-state index contributed by atoms with van der Waals surface area (Å²) in [4.78, 5) is 0. The zero-order chi connectivity index (χ0) is 14.7. The number of hydrogen-bond acceptors (Lipinski definition) is 3. The van der Waals surface area contributed by atoms with Crippen LogP contribution in [-0.4, -0.2) is 22.0 Å². The second kappa shape index (κ2) is 6.33. The van der Waals surface area contributed by atoms with Crippen molar-refractivity contribution in [3.8, 4) is 5.69 Å². The van der Waals surface area contributed by atoms with Gasteiger partial charge in [0.25, 0.3) is 0 Å². The Bertz CT molecular complexity index is 593. The molecule has 6 heteroatoms. The lowest BCUT2D eigenvalue weighted by Crippen LogP contribution is -2.17. The largest absolute Gasteiger partial charge is 0.312 e. The van der Waals surface area contributed by atoms with Crippen molar-refractivity contribution in [2.45, 2.75) is 32.7 Å². The quantitative estimate of drug-likeness (QED) is 0.920. The van der Waals surface area contributed by atoms with Gasteiger partial charge in [0.1, 0.15) is 11.4 Å². The number of halogens is 2. The molecule has 108 valence electrons. The lowest BCUT2D eigenvalue weighted by atomic mass is 10.1. The predicted molar refractivity (Wildman–Crippen MR) is 77.8 cm³/mol. The summed E-state index contributed by atoms with van der Waals surface area (Å²) in [5.74, 6) is -0.474. The Morgan fingerprint density at radius 1 is 1.40 bits per heavy atom. The van der Waals surface area contributed by atoms with Crippen LogP contribution in [0, 0.1) is 5.82 Å². The number of nitrogens with zero attached hydrogens (tertiary/aromatic N) is 3. The topological polar surface area (TPSA) is 42.7 Å². The first kappa shape index (κ1) is 14.9. The fourth-order valence-corrected chi connectivity index (χ4v) is 2.47. The van der Waals surface area contributed by atoms with Gasteiger partial charge in [0.15, 0.2) is 5.82 Å². The highest BCUT2D eigenvalue weighted by molar-refractivity contribution is 6.30. The highest BCUT2D eigenvalue weighted by Crippen LogP contribution is 2.25. The molecule has 1 aromatic heterocycles. The maximum atomic E-state index is 14.1. The summed E-state index contributed by atoms with van der Waals surface area (Å²) in [5, 5.41) is 11.6. The molecule has 1 aromatic carbocycles. The van der Waals surface area contributed by atoms with E-state index < -0.39 is 5.82 Å². The monoisotopic (exact) mass is 296 g/mol. The van der Waals surface area contributed by atoms with Gasteiger partial charge in [-0.3, -0.25) is 0 Å². The molecule has 1 N–H and O–H groups in total. The maximum Gasteiger partial charge on any atom is 0.167 e. The summed E-state index contributed by atoms with van der Waals surface area (Å²) in [7, 11) is 1.88. The van der Waals surface area contributed by atoms with E-state index in [1.165, 1.54) is 10.7 Å². The van der Waals surface area contributed by atoms with E-state index in [1.54, 1.807) is 12.1 Å². The second-order valence-electron chi connectivity index (χ2n) is 4.51. The van der Waals surface area contributed by atoms with Crippen molar-refractivity contribution in [1.82, 2.24) is 20.3 Å². The first-order chi connectivity index (χ1) is 9.63. The minimum atomic E-state index is -0.474. The molecule has 0 aliphatic heterocycles. The van der Waals surface area contributed by atoms with Crippen LogP contribution in [0.25, 0.3) is 5.69 Å². The molecule has 1 unspecified atom stereocenters. The molecule has 2 rings (SSSR count). The van der Waals surface area contributed by atoms with Gasteiger partial charge in [-0.15, -0.1) is 5.10 Å². The lowest BCUT2D eigenvalue weighted by molar-refractivity contribution is 0.555. The standard InChI is InChI=1S/C14H18ClFN4/c1-4-10(17-3)14-11(5-2)20(19-18-14)12-8-6-7-9(15)13(12)16/h6-8,10,17H,4-5H2,1-3H3. The minimum Gasteiger partial charge on any atom is -0.312 e. The van der Waals surface area contributed by atoms with Crippen LogP contribution in [0.4, 0.5) is 4.39 Å². The van der Waals surface area contributed by atoms with Crippen LogP contribution < -0.4 is 5.32 Å². The van der Waals surface area contributed by atoms with Crippen molar-refractivity contribution in [2.75, 3.05) is 7.05 Å². The zero-order valence-corrected chi connectivity index (χ0v) is 12.6. The van der Waals surface area contributed by atoms with E-state index in [1.807, 2.05) is 14.0 Å². The van der Waals surface area contributed by atoms with E-state index in [2.05, 4.69) is 22.6 Å². The molecular formula is C14H18ClFN4. The molecule has 20 heavy (non-hydrogen) atoms. The van der Waals surface area contributed by atoms with Gasteiger partial charge in [0.2, 0.25) is 0 Å². The van der Waals surface area contributed by atoms with Crippen LogP contribution in [0.5, 0.6) is 0 Å². The van der Waals surface area contributed by atoms with Gasteiger partial charge < -0.3 is 5.32 Å². The van der Waals surface area contributed by atoms with Crippen LogP contribution in [0.2, 0.25) is 5.02 Å². The number of rotatable bonds is 5. The van der Waals surface area contributed by atoms with Gasteiger partial charge in [-0.2, -0.15) is 0 Å². The van der Waals surface area contributed by atoms with Gasteiger partial charge in [-0.05, 0) is 32.0 Å². The Hall–Kier alpha value is -1.46. The molecular weight excluding hydrogens is 279 g/mol. The molecule has 0 aliphatic carbocycles. The highest BCUT2D eigenvalue weighted by Gasteiger charge is 2.21.